The molecule has 4 rings (SSSR count). The Morgan fingerprint density at radius 3 is 2.59 bits per heavy atom. The molecule has 110 valence electrons. The average Bonchev–Trinajstić information content (AvgIpc) is 2.94. The number of hydrogen-bond acceptors (Lipinski definition) is 2. The molecule has 0 radical (unpaired) electrons. The fourth-order valence-corrected chi connectivity index (χ4v) is 3.27. The molecule has 0 aliphatic heterocycles. The minimum absolute atomic E-state index is 0.608. The van der Waals surface area contributed by atoms with Crippen molar-refractivity contribution < 1.29 is 4.57 Å². The lowest BCUT2D eigenvalue weighted by Gasteiger charge is -2.09. The Labute approximate surface area is 128 Å². The lowest BCUT2D eigenvalue weighted by molar-refractivity contribution is -0.616. The van der Waals surface area contributed by atoms with Gasteiger partial charge in [-0.3, -0.25) is 0 Å². The molecule has 0 aliphatic rings. The zero-order valence-corrected chi connectivity index (χ0v) is 12.6. The van der Waals surface area contributed by atoms with Crippen LogP contribution in [0.15, 0.2) is 48.5 Å². The summed E-state index contributed by atoms with van der Waals surface area (Å²) in [4.78, 5) is 3.56. The van der Waals surface area contributed by atoms with Gasteiger partial charge in [-0.05, 0) is 18.2 Å². The van der Waals surface area contributed by atoms with E-state index in [4.69, 9.17) is 5.73 Å². The molecule has 0 aliphatic carbocycles. The van der Waals surface area contributed by atoms with Crippen molar-refractivity contribution in [3.05, 3.63) is 48.5 Å². The highest BCUT2D eigenvalue weighted by Gasteiger charge is 2.21. The number of nitrogens with two attached hydrogens (primary N) is 1. The van der Waals surface area contributed by atoms with Crippen molar-refractivity contribution in [1.82, 2.24) is 4.98 Å². The van der Waals surface area contributed by atoms with Gasteiger partial charge < -0.3 is 16.0 Å². The molecule has 22 heavy (non-hydrogen) atoms. The van der Waals surface area contributed by atoms with Gasteiger partial charge in [0.2, 0.25) is 11.0 Å². The Hall–Kier alpha value is -2.59. The van der Waals surface area contributed by atoms with Gasteiger partial charge in [0.25, 0.3) is 0 Å². The van der Waals surface area contributed by atoms with Crippen LogP contribution < -0.4 is 15.6 Å². The maximum atomic E-state index is 5.69. The molecule has 0 bridgehead atoms. The van der Waals surface area contributed by atoms with E-state index in [1.165, 1.54) is 21.8 Å². The third-order valence-electron chi connectivity index (χ3n) is 4.24. The summed E-state index contributed by atoms with van der Waals surface area (Å²) in [6.07, 6.45) is 0. The first kappa shape index (κ1) is 13.1. The Balaban J connectivity index is 2.21. The number of nitrogens with zero attached hydrogens (tertiary/aromatic N) is 1. The fourth-order valence-electron chi connectivity index (χ4n) is 3.27. The van der Waals surface area contributed by atoms with Gasteiger partial charge in [-0.1, -0.05) is 24.3 Å². The zero-order valence-electron chi connectivity index (χ0n) is 12.6. The van der Waals surface area contributed by atoms with Crippen LogP contribution in [0.1, 0.15) is 0 Å². The van der Waals surface area contributed by atoms with E-state index in [2.05, 4.69) is 70.4 Å². The number of anilines is 1. The second-order valence-corrected chi connectivity index (χ2v) is 5.56. The van der Waals surface area contributed by atoms with Gasteiger partial charge in [-0.2, -0.15) is 4.57 Å². The Morgan fingerprint density at radius 2 is 1.77 bits per heavy atom. The van der Waals surface area contributed by atoms with Crippen molar-refractivity contribution in [3.63, 3.8) is 0 Å². The smallest absolute Gasteiger partial charge is 0.240 e. The van der Waals surface area contributed by atoms with Crippen LogP contribution in [-0.4, -0.2) is 18.1 Å². The van der Waals surface area contributed by atoms with Crippen molar-refractivity contribution in [2.75, 3.05) is 18.4 Å². The number of aryl methyl sites for hydroxylation is 1. The average molecular weight is 291 g/mol. The molecule has 4 N–H and O–H groups in total. The highest BCUT2D eigenvalue weighted by atomic mass is 15.0. The molecule has 0 spiro atoms. The number of hydrogen-bond donors (Lipinski definition) is 3. The predicted molar refractivity (Wildman–Crippen MR) is 92.0 cm³/mol. The first-order chi connectivity index (χ1) is 10.8. The third kappa shape index (κ3) is 1.77. The second-order valence-electron chi connectivity index (χ2n) is 5.56. The zero-order chi connectivity index (χ0) is 15.1. The van der Waals surface area contributed by atoms with Crippen LogP contribution in [0.3, 0.4) is 0 Å². The highest BCUT2D eigenvalue weighted by Crippen LogP contribution is 2.32. The van der Waals surface area contributed by atoms with Crippen LogP contribution in [0.4, 0.5) is 5.69 Å². The topological polar surface area (TPSA) is 57.7 Å². The van der Waals surface area contributed by atoms with Crippen molar-refractivity contribution in [3.8, 4) is 0 Å². The molecular weight excluding hydrogens is 272 g/mol. The van der Waals surface area contributed by atoms with Crippen LogP contribution >= 0.6 is 0 Å². The van der Waals surface area contributed by atoms with E-state index in [0.29, 0.717) is 6.54 Å². The number of aromatic nitrogens is 2. The van der Waals surface area contributed by atoms with Crippen LogP contribution in [0.25, 0.3) is 32.8 Å². The number of H-pyrrole nitrogens is 1. The van der Waals surface area contributed by atoms with Gasteiger partial charge in [-0.25, -0.2) is 0 Å². The van der Waals surface area contributed by atoms with E-state index < -0.39 is 0 Å². The molecule has 4 aromatic rings. The van der Waals surface area contributed by atoms with E-state index in [-0.39, 0.29) is 0 Å². The molecule has 0 saturated heterocycles. The summed E-state index contributed by atoms with van der Waals surface area (Å²) in [6, 6.07) is 16.9. The summed E-state index contributed by atoms with van der Waals surface area (Å²) in [5, 5.41) is 5.94. The van der Waals surface area contributed by atoms with Crippen LogP contribution in [0.2, 0.25) is 0 Å². The number of fused-ring (bicyclic) bond motifs is 4. The summed E-state index contributed by atoms with van der Waals surface area (Å²) >= 11 is 0. The Morgan fingerprint density at radius 1 is 1.05 bits per heavy atom. The largest absolute Gasteiger partial charge is 0.381 e. The summed E-state index contributed by atoms with van der Waals surface area (Å²) in [5.74, 6) is 0. The number of benzene rings is 2. The predicted octanol–water partition coefficient (Wildman–Crippen LogP) is 2.67. The molecule has 0 fully saturated rings. The molecule has 4 nitrogen and oxygen atoms in total. The molecule has 0 saturated carbocycles. The van der Waals surface area contributed by atoms with Gasteiger partial charge in [0.1, 0.15) is 12.6 Å². The quantitative estimate of drug-likeness (QED) is 0.508. The molecule has 2 aromatic carbocycles. The van der Waals surface area contributed by atoms with Crippen LogP contribution in [-0.2, 0) is 7.05 Å². The van der Waals surface area contributed by atoms with Gasteiger partial charge in [-0.15, -0.1) is 0 Å². The van der Waals surface area contributed by atoms with E-state index in [1.54, 1.807) is 0 Å². The monoisotopic (exact) mass is 291 g/mol. The molecule has 2 aromatic heterocycles. The SMILES string of the molecule is C[n+]1c2ccccc2c(NCCN)c2[nH]c3ccccc3c21. The minimum atomic E-state index is 0.608. The lowest BCUT2D eigenvalue weighted by Crippen LogP contribution is -2.30. The number of para-hydroxylation sites is 2. The minimum Gasteiger partial charge on any atom is -0.381 e. The normalized spacial score (nSPS) is 11.5. The number of pyridine rings is 1. The van der Waals surface area contributed by atoms with Crippen LogP contribution in [0.5, 0.6) is 0 Å². The third-order valence-corrected chi connectivity index (χ3v) is 4.24. The van der Waals surface area contributed by atoms with Gasteiger partial charge in [0.15, 0.2) is 0 Å². The lowest BCUT2D eigenvalue weighted by atomic mass is 10.1. The number of aromatic amines is 1. The van der Waals surface area contributed by atoms with Crippen molar-refractivity contribution >= 4 is 38.5 Å². The van der Waals surface area contributed by atoms with E-state index in [1.807, 2.05) is 0 Å². The Kier molecular flexibility index (Phi) is 2.98. The maximum Gasteiger partial charge on any atom is 0.240 e. The maximum absolute atomic E-state index is 5.69. The molecule has 0 amide bonds. The Bertz CT molecular complexity index is 985. The van der Waals surface area contributed by atoms with Gasteiger partial charge in [0.05, 0.1) is 22.0 Å². The summed E-state index contributed by atoms with van der Waals surface area (Å²) < 4.78 is 2.26. The van der Waals surface area contributed by atoms with Crippen molar-refractivity contribution in [2.24, 2.45) is 12.8 Å². The number of rotatable bonds is 3. The number of nitrogens with one attached hydrogen (secondary N) is 2. The summed E-state index contributed by atoms with van der Waals surface area (Å²) in [6.45, 7) is 1.36. The van der Waals surface area contributed by atoms with Crippen molar-refractivity contribution in [1.29, 1.82) is 0 Å². The fraction of sp³-hybridized carbons (Fsp3) is 0.167. The molecule has 4 heteroatoms. The molecule has 2 heterocycles. The highest BCUT2D eigenvalue weighted by molar-refractivity contribution is 6.13. The molecule has 0 unspecified atom stereocenters. The second kappa shape index (κ2) is 5.00. The van der Waals surface area contributed by atoms with Gasteiger partial charge in [0, 0.05) is 19.2 Å². The summed E-state index contributed by atoms with van der Waals surface area (Å²) in [5.41, 5.74) is 11.5. The van der Waals surface area contributed by atoms with Crippen molar-refractivity contribution in [2.45, 2.75) is 0 Å². The van der Waals surface area contributed by atoms with E-state index in [0.717, 1.165) is 23.3 Å². The summed E-state index contributed by atoms with van der Waals surface area (Å²) in [7, 11) is 2.12. The van der Waals surface area contributed by atoms with E-state index >= 15 is 0 Å². The van der Waals surface area contributed by atoms with Gasteiger partial charge >= 0.3 is 0 Å². The first-order valence-corrected chi connectivity index (χ1v) is 7.56. The standard InChI is InChI=1S/C18H18N4/c1-22-15-9-5-3-7-13(15)16(20-11-10-19)17-18(22)12-6-2-4-8-14(12)21-17/h2-9H,10-11,19H2,1H3,(H,20,21)/p+1. The van der Waals surface area contributed by atoms with E-state index in [9.17, 15) is 0 Å². The molecular formula is C18H19N4+. The molecule has 0 atom stereocenters. The first-order valence-electron chi connectivity index (χ1n) is 7.56. The van der Waals surface area contributed by atoms with Crippen LogP contribution in [0, 0.1) is 0 Å².